The molecule has 0 aliphatic carbocycles. The van der Waals surface area contributed by atoms with E-state index in [2.05, 4.69) is 27.0 Å². The normalized spacial score (nSPS) is 15.1. The van der Waals surface area contributed by atoms with Gasteiger partial charge < -0.3 is 20.9 Å². The molecule has 1 aliphatic rings. The number of amides is 3. The van der Waals surface area contributed by atoms with E-state index >= 15 is 0 Å². The summed E-state index contributed by atoms with van der Waals surface area (Å²) in [6, 6.07) is 11.0. The second-order valence-electron chi connectivity index (χ2n) is 9.42. The molecule has 38 heavy (non-hydrogen) atoms. The number of nitrogen functional groups attached to an aromatic ring is 1. The van der Waals surface area contributed by atoms with Gasteiger partial charge in [0.25, 0.3) is 5.91 Å². The van der Waals surface area contributed by atoms with E-state index in [1.165, 1.54) is 12.4 Å². The number of benzene rings is 2. The lowest BCUT2D eigenvalue weighted by Crippen LogP contribution is -2.27. The summed E-state index contributed by atoms with van der Waals surface area (Å²) < 4.78 is 1.66. The molecule has 1 saturated heterocycles. The van der Waals surface area contributed by atoms with Gasteiger partial charge >= 0.3 is 0 Å². The summed E-state index contributed by atoms with van der Waals surface area (Å²) in [5.74, 6) is -0.487. The number of hydrogen-bond acceptors (Lipinski definition) is 7. The van der Waals surface area contributed by atoms with Gasteiger partial charge in [0.1, 0.15) is 12.1 Å². The lowest BCUT2D eigenvalue weighted by Gasteiger charge is -2.15. The van der Waals surface area contributed by atoms with Crippen LogP contribution in [0.25, 0.3) is 21.8 Å². The highest BCUT2D eigenvalue weighted by atomic mass is 16.2. The molecule has 0 radical (unpaired) electrons. The van der Waals surface area contributed by atoms with Gasteiger partial charge in [-0.15, -0.1) is 0 Å². The topological polar surface area (TPSA) is 139 Å². The van der Waals surface area contributed by atoms with Crippen LogP contribution < -0.4 is 11.1 Å². The number of anilines is 2. The third-order valence-corrected chi connectivity index (χ3v) is 6.83. The first kappa shape index (κ1) is 24.9. The molecule has 11 heteroatoms. The fourth-order valence-electron chi connectivity index (χ4n) is 4.81. The van der Waals surface area contributed by atoms with Crippen LogP contribution >= 0.6 is 0 Å². The first-order valence-corrected chi connectivity index (χ1v) is 12.2. The average Bonchev–Trinajstić information content (AvgIpc) is 3.55. The number of likely N-dealkylation sites (tertiary alicyclic amines) is 1. The quantitative estimate of drug-likeness (QED) is 0.378. The molecular weight excluding hydrogens is 484 g/mol. The largest absolute Gasteiger partial charge is 0.383 e. The summed E-state index contributed by atoms with van der Waals surface area (Å²) in [6.45, 7) is 4.53. The highest BCUT2D eigenvalue weighted by Crippen LogP contribution is 2.31. The van der Waals surface area contributed by atoms with Crippen molar-refractivity contribution in [3.8, 4) is 0 Å². The Hall–Kier alpha value is -4.80. The zero-order valence-corrected chi connectivity index (χ0v) is 21.2. The molecule has 2 aromatic carbocycles. The number of aromatic nitrogens is 4. The maximum Gasteiger partial charge on any atom is 0.277 e. The number of likely N-dealkylation sites (N-methyl/N-ethyl adjacent to an activating group) is 1. The Balaban J connectivity index is 1.50. The third-order valence-electron chi connectivity index (χ3n) is 6.83. The number of hydrogen-bond donors (Lipinski definition) is 2. The number of nitrogens with zero attached hydrogens (tertiary/aromatic N) is 6. The van der Waals surface area contributed by atoms with Gasteiger partial charge in [-0.3, -0.25) is 14.4 Å². The summed E-state index contributed by atoms with van der Waals surface area (Å²) in [7, 11) is 3.44. The molecule has 3 heterocycles. The van der Waals surface area contributed by atoms with E-state index in [9.17, 15) is 14.4 Å². The van der Waals surface area contributed by atoms with Crippen molar-refractivity contribution in [3.05, 3.63) is 66.6 Å². The fraction of sp³-hybridized carbons (Fsp3) is 0.259. The molecule has 4 aromatic rings. The van der Waals surface area contributed by atoms with Crippen LogP contribution in [-0.4, -0.2) is 74.5 Å². The lowest BCUT2D eigenvalue weighted by atomic mass is 10.00. The van der Waals surface area contributed by atoms with Gasteiger partial charge in [0, 0.05) is 38.3 Å². The number of nitrogens with one attached hydrogen (secondary N) is 1. The van der Waals surface area contributed by atoms with Crippen molar-refractivity contribution in [1.82, 2.24) is 29.5 Å². The molecule has 11 nitrogen and oxygen atoms in total. The van der Waals surface area contributed by atoms with Crippen molar-refractivity contribution in [2.24, 2.45) is 0 Å². The maximum atomic E-state index is 13.6. The van der Waals surface area contributed by atoms with Crippen LogP contribution in [0.3, 0.4) is 0 Å². The second kappa shape index (κ2) is 9.92. The molecular formula is C27H28N8O3. The van der Waals surface area contributed by atoms with E-state index < -0.39 is 5.91 Å². The molecule has 0 unspecified atom stereocenters. The van der Waals surface area contributed by atoms with E-state index in [1.54, 1.807) is 34.6 Å². The predicted molar refractivity (Wildman–Crippen MR) is 144 cm³/mol. The van der Waals surface area contributed by atoms with Gasteiger partial charge in [-0.25, -0.2) is 14.6 Å². The summed E-state index contributed by atoms with van der Waals surface area (Å²) >= 11 is 0. The Bertz CT molecular complexity index is 1590. The van der Waals surface area contributed by atoms with Crippen molar-refractivity contribution in [1.29, 1.82) is 0 Å². The van der Waals surface area contributed by atoms with Crippen LogP contribution in [0, 0.1) is 0 Å². The zero-order valence-electron chi connectivity index (χ0n) is 21.2. The molecule has 194 valence electrons. The Morgan fingerprint density at radius 1 is 1.16 bits per heavy atom. The predicted octanol–water partition coefficient (Wildman–Crippen LogP) is 2.40. The molecule has 1 fully saturated rings. The Morgan fingerprint density at radius 2 is 1.92 bits per heavy atom. The summed E-state index contributed by atoms with van der Waals surface area (Å²) in [6.07, 6.45) is 3.52. The van der Waals surface area contributed by atoms with Gasteiger partial charge in [-0.1, -0.05) is 36.9 Å². The van der Waals surface area contributed by atoms with E-state index in [0.29, 0.717) is 36.2 Å². The Kier molecular flexibility index (Phi) is 6.50. The first-order valence-electron chi connectivity index (χ1n) is 12.2. The van der Waals surface area contributed by atoms with E-state index in [1.807, 2.05) is 30.3 Å². The number of carbonyl (C=O) groups excluding carboxylic acids is 3. The molecule has 5 rings (SSSR count). The molecule has 3 amide bonds. The van der Waals surface area contributed by atoms with Gasteiger partial charge in [0.2, 0.25) is 11.8 Å². The molecule has 1 aliphatic heterocycles. The van der Waals surface area contributed by atoms with Crippen LogP contribution in [0.4, 0.5) is 11.5 Å². The highest BCUT2D eigenvalue weighted by Gasteiger charge is 2.31. The Labute approximate surface area is 218 Å². The highest BCUT2D eigenvalue weighted by molar-refractivity contribution is 6.15. The minimum Gasteiger partial charge on any atom is -0.383 e. The lowest BCUT2D eigenvalue weighted by molar-refractivity contribution is -0.128. The van der Waals surface area contributed by atoms with Crippen LogP contribution in [0.15, 0.2) is 55.4 Å². The number of rotatable bonds is 6. The molecule has 1 atom stereocenters. The van der Waals surface area contributed by atoms with Crippen molar-refractivity contribution in [2.75, 3.05) is 38.2 Å². The van der Waals surface area contributed by atoms with Crippen LogP contribution in [-0.2, 0) is 16.0 Å². The first-order chi connectivity index (χ1) is 18.3. The van der Waals surface area contributed by atoms with Gasteiger partial charge in [0.05, 0.1) is 17.8 Å². The van der Waals surface area contributed by atoms with Crippen molar-refractivity contribution >= 4 is 51.0 Å². The number of fused-ring (bicyclic) bond motifs is 2. The monoisotopic (exact) mass is 512 g/mol. The van der Waals surface area contributed by atoms with Gasteiger partial charge in [0.15, 0.2) is 11.3 Å². The number of nitrogens with two attached hydrogens (primary N) is 1. The molecule has 0 bridgehead atoms. The molecule has 2 aromatic heterocycles. The third kappa shape index (κ3) is 4.42. The van der Waals surface area contributed by atoms with Crippen molar-refractivity contribution < 1.29 is 14.4 Å². The fourth-order valence-corrected chi connectivity index (χ4v) is 4.81. The van der Waals surface area contributed by atoms with Crippen LogP contribution in [0.1, 0.15) is 28.5 Å². The van der Waals surface area contributed by atoms with E-state index in [-0.39, 0.29) is 35.8 Å². The van der Waals surface area contributed by atoms with E-state index in [4.69, 9.17) is 5.73 Å². The van der Waals surface area contributed by atoms with Crippen molar-refractivity contribution in [3.63, 3.8) is 0 Å². The van der Waals surface area contributed by atoms with Crippen molar-refractivity contribution in [2.45, 2.75) is 18.9 Å². The SMILES string of the molecule is C=CC(=O)N1CC[C@@H](n2nc(C(=O)Nc3ccc(CC(=O)N(C)C)c4ccccc34)c3c(N)ncnc32)C1. The van der Waals surface area contributed by atoms with Crippen LogP contribution in [0.2, 0.25) is 0 Å². The molecule has 0 spiro atoms. The van der Waals surface area contributed by atoms with Gasteiger partial charge in [-0.2, -0.15) is 5.10 Å². The summed E-state index contributed by atoms with van der Waals surface area (Å²) in [4.78, 5) is 49.7. The minimum atomic E-state index is -0.463. The number of carbonyl (C=O) groups is 3. The second-order valence-corrected chi connectivity index (χ2v) is 9.42. The smallest absolute Gasteiger partial charge is 0.277 e. The minimum absolute atomic E-state index is 0.0142. The van der Waals surface area contributed by atoms with Crippen LogP contribution in [0.5, 0.6) is 0 Å². The molecule has 0 saturated carbocycles. The zero-order chi connectivity index (χ0) is 27.0. The summed E-state index contributed by atoms with van der Waals surface area (Å²) in [5, 5.41) is 9.61. The standard InChI is InChI=1S/C27H28N8O3/c1-4-21(36)34-12-11-17(14-34)35-26-23(25(28)29-15-30-26)24(32-35)27(38)31-20-10-9-16(13-22(37)33(2)3)18-7-5-6-8-19(18)20/h4-10,15,17H,1,11-14H2,2-3H3,(H,31,38)(H2,28,29,30)/t17-/m1/s1. The average molecular weight is 513 g/mol. The van der Waals surface area contributed by atoms with E-state index in [0.717, 1.165) is 16.3 Å². The maximum absolute atomic E-state index is 13.6. The Morgan fingerprint density at radius 3 is 2.66 bits per heavy atom. The van der Waals surface area contributed by atoms with Gasteiger partial charge in [-0.05, 0) is 29.5 Å². The summed E-state index contributed by atoms with van der Waals surface area (Å²) in [5.41, 5.74) is 8.16. The molecule has 3 N–H and O–H groups in total.